The van der Waals surface area contributed by atoms with Crippen molar-refractivity contribution >= 4 is 23.3 Å². The first-order chi connectivity index (χ1) is 12.0. The molecule has 1 heterocycles. The van der Waals surface area contributed by atoms with Crippen LogP contribution >= 0.6 is 0 Å². The van der Waals surface area contributed by atoms with Crippen LogP contribution in [-0.4, -0.2) is 24.1 Å². The van der Waals surface area contributed by atoms with Gasteiger partial charge in [-0.15, -0.1) is 0 Å². The Balaban J connectivity index is 1.83. The largest absolute Gasteiger partial charge is 0.455 e. The molecule has 0 saturated carbocycles. The molecule has 0 fully saturated rings. The van der Waals surface area contributed by atoms with Crippen LogP contribution in [0, 0.1) is 6.92 Å². The number of hydrogen-bond acceptors (Lipinski definition) is 4. The Bertz CT molecular complexity index is 851. The summed E-state index contributed by atoms with van der Waals surface area (Å²) in [7, 11) is 0. The predicted molar refractivity (Wildman–Crippen MR) is 93.1 cm³/mol. The summed E-state index contributed by atoms with van der Waals surface area (Å²) in [6.45, 7) is 4.10. The fourth-order valence-electron chi connectivity index (χ4n) is 3.05. The van der Waals surface area contributed by atoms with Crippen LogP contribution < -0.4 is 10.6 Å². The summed E-state index contributed by atoms with van der Waals surface area (Å²) in [6, 6.07) is 6.68. The van der Waals surface area contributed by atoms with Gasteiger partial charge in [-0.05, 0) is 38.5 Å². The van der Waals surface area contributed by atoms with Crippen molar-refractivity contribution in [2.45, 2.75) is 33.1 Å². The molecule has 1 aliphatic rings. The smallest absolute Gasteiger partial charge is 0.291 e. The van der Waals surface area contributed by atoms with Gasteiger partial charge in [-0.3, -0.25) is 14.4 Å². The number of Topliss-reactive ketones (excluding diaryl/α,β-unsaturated/α-hetero) is 1. The molecule has 0 aliphatic heterocycles. The average molecular weight is 340 g/mol. The SMILES string of the molecule is CCNC(=O)c1cccc(NC(=O)c2oc3c(c2C)C(=O)CCC3)c1. The second kappa shape index (κ2) is 6.93. The average Bonchev–Trinajstić information content (AvgIpc) is 2.93. The number of nitrogens with one attached hydrogen (secondary N) is 2. The van der Waals surface area contributed by atoms with Gasteiger partial charge in [0.05, 0.1) is 5.56 Å². The number of anilines is 1. The molecular weight excluding hydrogens is 320 g/mol. The van der Waals surface area contributed by atoms with E-state index >= 15 is 0 Å². The van der Waals surface area contributed by atoms with Gasteiger partial charge in [-0.1, -0.05) is 6.07 Å². The van der Waals surface area contributed by atoms with E-state index in [2.05, 4.69) is 10.6 Å². The standard InChI is InChI=1S/C19H20N2O4/c1-3-20-18(23)12-6-4-7-13(10-12)21-19(24)17-11(2)16-14(22)8-5-9-15(16)25-17/h4,6-7,10H,3,5,8-9H2,1-2H3,(H,20,23)(H,21,24). The first-order valence-corrected chi connectivity index (χ1v) is 8.36. The summed E-state index contributed by atoms with van der Waals surface area (Å²) in [4.78, 5) is 36.5. The lowest BCUT2D eigenvalue weighted by atomic mass is 9.94. The number of furan rings is 1. The summed E-state index contributed by atoms with van der Waals surface area (Å²) < 4.78 is 5.65. The topological polar surface area (TPSA) is 88.4 Å². The minimum Gasteiger partial charge on any atom is -0.455 e. The van der Waals surface area contributed by atoms with Crippen LogP contribution in [0.15, 0.2) is 28.7 Å². The Kier molecular flexibility index (Phi) is 4.70. The van der Waals surface area contributed by atoms with E-state index < -0.39 is 5.91 Å². The molecule has 6 nitrogen and oxygen atoms in total. The van der Waals surface area contributed by atoms with Gasteiger partial charge in [-0.2, -0.15) is 0 Å². The summed E-state index contributed by atoms with van der Waals surface area (Å²) >= 11 is 0. The highest BCUT2D eigenvalue weighted by Crippen LogP contribution is 2.29. The lowest BCUT2D eigenvalue weighted by molar-refractivity contribution is 0.0951. The summed E-state index contributed by atoms with van der Waals surface area (Å²) in [6.07, 6.45) is 1.90. The summed E-state index contributed by atoms with van der Waals surface area (Å²) in [5.74, 6) is 0.153. The van der Waals surface area contributed by atoms with E-state index in [9.17, 15) is 14.4 Å². The molecule has 3 rings (SSSR count). The van der Waals surface area contributed by atoms with Crippen molar-refractivity contribution in [1.29, 1.82) is 0 Å². The predicted octanol–water partition coefficient (Wildman–Crippen LogP) is 3.11. The lowest BCUT2D eigenvalue weighted by Crippen LogP contribution is -2.22. The number of rotatable bonds is 4. The molecule has 2 N–H and O–H groups in total. The number of carbonyl (C=O) groups excluding carboxylic acids is 3. The van der Waals surface area contributed by atoms with Crippen molar-refractivity contribution in [2.75, 3.05) is 11.9 Å². The number of aryl methyl sites for hydroxylation is 1. The van der Waals surface area contributed by atoms with Gasteiger partial charge in [0, 0.05) is 36.2 Å². The maximum absolute atomic E-state index is 12.5. The van der Waals surface area contributed by atoms with Crippen molar-refractivity contribution in [3.8, 4) is 0 Å². The Morgan fingerprint density at radius 3 is 2.72 bits per heavy atom. The van der Waals surface area contributed by atoms with Gasteiger partial charge in [0.2, 0.25) is 0 Å². The third-order valence-electron chi connectivity index (χ3n) is 4.23. The fourth-order valence-corrected chi connectivity index (χ4v) is 3.05. The van der Waals surface area contributed by atoms with E-state index in [1.54, 1.807) is 31.2 Å². The number of amides is 2. The molecule has 1 aromatic carbocycles. The Morgan fingerprint density at radius 1 is 1.20 bits per heavy atom. The number of ketones is 1. The van der Waals surface area contributed by atoms with E-state index in [-0.39, 0.29) is 17.5 Å². The summed E-state index contributed by atoms with van der Waals surface area (Å²) in [5, 5.41) is 5.45. The molecular formula is C19H20N2O4. The number of carbonyl (C=O) groups is 3. The third-order valence-corrected chi connectivity index (χ3v) is 4.23. The van der Waals surface area contributed by atoms with E-state index in [1.807, 2.05) is 6.92 Å². The molecule has 6 heteroatoms. The monoisotopic (exact) mass is 340 g/mol. The van der Waals surface area contributed by atoms with Gasteiger partial charge < -0.3 is 15.1 Å². The van der Waals surface area contributed by atoms with Crippen LogP contribution in [0.2, 0.25) is 0 Å². The van der Waals surface area contributed by atoms with Crippen LogP contribution in [0.1, 0.15) is 62.4 Å². The van der Waals surface area contributed by atoms with Gasteiger partial charge >= 0.3 is 0 Å². The minimum absolute atomic E-state index is 0.0276. The second-order valence-corrected chi connectivity index (χ2v) is 6.03. The van der Waals surface area contributed by atoms with Crippen molar-refractivity contribution in [2.24, 2.45) is 0 Å². The maximum Gasteiger partial charge on any atom is 0.291 e. The maximum atomic E-state index is 12.5. The fraction of sp³-hybridized carbons (Fsp3) is 0.316. The van der Waals surface area contributed by atoms with Crippen LogP contribution in [0.25, 0.3) is 0 Å². The van der Waals surface area contributed by atoms with Crippen molar-refractivity contribution in [1.82, 2.24) is 5.32 Å². The minimum atomic E-state index is -0.423. The number of benzene rings is 1. The lowest BCUT2D eigenvalue weighted by Gasteiger charge is -2.07. The van der Waals surface area contributed by atoms with E-state index in [4.69, 9.17) is 4.42 Å². The van der Waals surface area contributed by atoms with E-state index in [1.165, 1.54) is 0 Å². The first-order valence-electron chi connectivity index (χ1n) is 8.36. The molecule has 0 unspecified atom stereocenters. The molecule has 0 radical (unpaired) electrons. The zero-order valence-corrected chi connectivity index (χ0v) is 14.3. The molecule has 0 atom stereocenters. The quantitative estimate of drug-likeness (QED) is 0.895. The molecule has 0 saturated heterocycles. The normalized spacial score (nSPS) is 13.3. The Hall–Kier alpha value is -2.89. The molecule has 2 aromatic rings. The van der Waals surface area contributed by atoms with Gasteiger partial charge in [0.15, 0.2) is 11.5 Å². The molecule has 130 valence electrons. The van der Waals surface area contributed by atoms with Crippen LogP contribution in [0.5, 0.6) is 0 Å². The number of fused-ring (bicyclic) bond motifs is 1. The van der Waals surface area contributed by atoms with Crippen molar-refractivity contribution < 1.29 is 18.8 Å². The third kappa shape index (κ3) is 3.33. The van der Waals surface area contributed by atoms with E-state index in [0.717, 1.165) is 6.42 Å². The highest BCUT2D eigenvalue weighted by Gasteiger charge is 2.28. The molecule has 0 spiro atoms. The Morgan fingerprint density at radius 2 is 2.00 bits per heavy atom. The second-order valence-electron chi connectivity index (χ2n) is 6.03. The highest BCUT2D eigenvalue weighted by atomic mass is 16.4. The van der Waals surface area contributed by atoms with Crippen LogP contribution in [-0.2, 0) is 6.42 Å². The molecule has 25 heavy (non-hydrogen) atoms. The first kappa shape index (κ1) is 17.0. The van der Waals surface area contributed by atoms with Gasteiger partial charge in [-0.25, -0.2) is 0 Å². The Labute approximate surface area is 145 Å². The van der Waals surface area contributed by atoms with Crippen molar-refractivity contribution in [3.63, 3.8) is 0 Å². The van der Waals surface area contributed by atoms with Crippen LogP contribution in [0.4, 0.5) is 5.69 Å². The highest BCUT2D eigenvalue weighted by molar-refractivity contribution is 6.08. The zero-order chi connectivity index (χ0) is 18.0. The van der Waals surface area contributed by atoms with Crippen molar-refractivity contribution in [3.05, 3.63) is 52.5 Å². The van der Waals surface area contributed by atoms with Gasteiger partial charge in [0.25, 0.3) is 11.8 Å². The zero-order valence-electron chi connectivity index (χ0n) is 14.3. The van der Waals surface area contributed by atoms with E-state index in [0.29, 0.717) is 47.5 Å². The summed E-state index contributed by atoms with van der Waals surface area (Å²) in [5.41, 5.74) is 2.09. The molecule has 0 bridgehead atoms. The number of hydrogen-bond donors (Lipinski definition) is 2. The molecule has 1 aromatic heterocycles. The van der Waals surface area contributed by atoms with Crippen LogP contribution in [0.3, 0.4) is 0 Å². The molecule has 2 amide bonds. The van der Waals surface area contributed by atoms with Gasteiger partial charge in [0.1, 0.15) is 5.76 Å². The molecule has 1 aliphatic carbocycles.